The Hall–Kier alpha value is -0.973. The van der Waals surface area contributed by atoms with Crippen LogP contribution in [0, 0.1) is 0 Å². The zero-order chi connectivity index (χ0) is 11.5. The largest absolute Gasteiger partial charge is 0.501 e. The second kappa shape index (κ2) is 9.58. The maximum Gasteiger partial charge on any atom is 0.303 e. The van der Waals surface area contributed by atoms with E-state index in [9.17, 15) is 4.79 Å². The van der Waals surface area contributed by atoms with Crippen LogP contribution in [0.2, 0.25) is 6.04 Å². The summed E-state index contributed by atoms with van der Waals surface area (Å²) in [5.74, 6) is -0.726. The van der Waals surface area contributed by atoms with Crippen LogP contribution in [0.3, 0.4) is 0 Å². The first-order chi connectivity index (χ1) is 7.20. The van der Waals surface area contributed by atoms with Crippen molar-refractivity contribution in [3.05, 3.63) is 11.6 Å². The van der Waals surface area contributed by atoms with Crippen molar-refractivity contribution in [1.29, 1.82) is 0 Å². The van der Waals surface area contributed by atoms with E-state index in [1.165, 1.54) is 0 Å². The number of hydrogen-bond acceptors (Lipinski definition) is 3. The van der Waals surface area contributed by atoms with Crippen LogP contribution in [-0.4, -0.2) is 33.8 Å². The molecule has 1 N–H and O–H groups in total. The highest BCUT2D eigenvalue weighted by Crippen LogP contribution is 2.03. The van der Waals surface area contributed by atoms with E-state index >= 15 is 0 Å². The Kier molecular flexibility index (Phi) is 8.96. The van der Waals surface area contributed by atoms with E-state index < -0.39 is 15.5 Å². The lowest BCUT2D eigenvalue weighted by molar-refractivity contribution is -0.137. The molecule has 0 unspecified atom stereocenters. The summed E-state index contributed by atoms with van der Waals surface area (Å²) >= 11 is 0. The van der Waals surface area contributed by atoms with Crippen molar-refractivity contribution in [2.75, 3.05) is 13.2 Å². The summed E-state index contributed by atoms with van der Waals surface area (Å²) in [5, 5.41) is 9.40. The highest BCUT2D eigenvalue weighted by atomic mass is 28.2. The average Bonchev–Trinajstić information content (AvgIpc) is 2.20. The molecular formula is C10H20O4Si. The highest BCUT2D eigenvalue weighted by molar-refractivity contribution is 6.44. The summed E-state index contributed by atoms with van der Waals surface area (Å²) in [4.78, 5) is 10.3. The summed E-state index contributed by atoms with van der Waals surface area (Å²) in [6.45, 7) is 5.14. The van der Waals surface area contributed by atoms with Crippen LogP contribution in [0.25, 0.3) is 0 Å². The summed E-state index contributed by atoms with van der Waals surface area (Å²) < 4.78 is 10.6. The summed E-state index contributed by atoms with van der Waals surface area (Å²) in [6.07, 6.45) is 2.66. The number of carboxylic acids is 1. The first-order valence-electron chi connectivity index (χ1n) is 5.35. The molecule has 0 aromatic carbocycles. The Morgan fingerprint density at radius 2 is 2.13 bits per heavy atom. The van der Waals surface area contributed by atoms with Gasteiger partial charge in [-0.25, -0.2) is 0 Å². The third kappa shape index (κ3) is 9.33. The van der Waals surface area contributed by atoms with Gasteiger partial charge in [0.1, 0.15) is 21.2 Å². The smallest absolute Gasteiger partial charge is 0.303 e. The van der Waals surface area contributed by atoms with Gasteiger partial charge < -0.3 is 14.6 Å². The fourth-order valence-electron chi connectivity index (χ4n) is 1.10. The van der Waals surface area contributed by atoms with Gasteiger partial charge >= 0.3 is 5.97 Å². The van der Waals surface area contributed by atoms with Crippen LogP contribution < -0.4 is 0 Å². The molecule has 0 radical (unpaired) electrons. The van der Waals surface area contributed by atoms with Gasteiger partial charge in [0.25, 0.3) is 0 Å². The number of carbonyl (C=O) groups is 1. The van der Waals surface area contributed by atoms with Gasteiger partial charge in [0.05, 0.1) is 13.2 Å². The average molecular weight is 232 g/mol. The number of rotatable bonds is 9. The standard InChI is InChI=1S/C10H20O4Si/c1-3-13-8-10(14-4-2)15-7-5-6-9(11)12/h8H,3-7,15H2,1-2H3,(H,11,12). The highest BCUT2D eigenvalue weighted by Gasteiger charge is 2.01. The lowest BCUT2D eigenvalue weighted by atomic mass is 10.3. The van der Waals surface area contributed by atoms with E-state index in [4.69, 9.17) is 14.6 Å². The Morgan fingerprint density at radius 3 is 2.67 bits per heavy atom. The van der Waals surface area contributed by atoms with E-state index in [-0.39, 0.29) is 6.42 Å². The fourth-order valence-corrected chi connectivity index (χ4v) is 2.53. The SMILES string of the molecule is CCOC=C(OCC)[SiH2]CCCC(=O)O. The lowest BCUT2D eigenvalue weighted by Gasteiger charge is -2.07. The van der Waals surface area contributed by atoms with Crippen molar-refractivity contribution >= 4 is 15.5 Å². The number of hydrogen-bond donors (Lipinski definition) is 1. The Morgan fingerprint density at radius 1 is 1.40 bits per heavy atom. The fraction of sp³-hybridized carbons (Fsp3) is 0.700. The van der Waals surface area contributed by atoms with Gasteiger partial charge in [-0.15, -0.1) is 0 Å². The second-order valence-electron chi connectivity index (χ2n) is 3.07. The van der Waals surface area contributed by atoms with Crippen LogP contribution in [-0.2, 0) is 14.3 Å². The van der Waals surface area contributed by atoms with Gasteiger partial charge in [-0.05, 0) is 20.3 Å². The van der Waals surface area contributed by atoms with E-state index in [0.29, 0.717) is 13.2 Å². The third-order valence-corrected chi connectivity index (χ3v) is 3.49. The van der Waals surface area contributed by atoms with Crippen LogP contribution in [0.5, 0.6) is 0 Å². The van der Waals surface area contributed by atoms with Crippen LogP contribution in [0.4, 0.5) is 0 Å². The Labute approximate surface area is 93.1 Å². The molecule has 0 bridgehead atoms. The molecule has 0 saturated carbocycles. The molecule has 15 heavy (non-hydrogen) atoms. The van der Waals surface area contributed by atoms with Crippen molar-refractivity contribution in [1.82, 2.24) is 0 Å². The quantitative estimate of drug-likeness (QED) is 0.370. The molecule has 0 aliphatic heterocycles. The van der Waals surface area contributed by atoms with Gasteiger partial charge in [-0.2, -0.15) is 0 Å². The zero-order valence-electron chi connectivity index (χ0n) is 9.49. The molecule has 0 saturated heterocycles. The summed E-state index contributed by atoms with van der Waals surface area (Å²) in [7, 11) is -0.498. The predicted octanol–water partition coefficient (Wildman–Crippen LogP) is 1.31. The molecule has 0 heterocycles. The summed E-state index contributed by atoms with van der Waals surface area (Å²) in [6, 6.07) is 0.950. The molecule has 0 amide bonds. The van der Waals surface area contributed by atoms with Gasteiger partial charge in [-0.1, -0.05) is 6.04 Å². The molecule has 0 rings (SSSR count). The topological polar surface area (TPSA) is 55.8 Å². The molecule has 0 atom stereocenters. The molecule has 4 nitrogen and oxygen atoms in total. The second-order valence-corrected chi connectivity index (χ2v) is 4.98. The first-order valence-corrected chi connectivity index (χ1v) is 7.06. The molecule has 5 heteroatoms. The minimum Gasteiger partial charge on any atom is -0.501 e. The summed E-state index contributed by atoms with van der Waals surface area (Å²) in [5.41, 5.74) is 0. The molecular weight excluding hydrogens is 212 g/mol. The minimum absolute atomic E-state index is 0.251. The van der Waals surface area contributed by atoms with Gasteiger partial charge in [-0.3, -0.25) is 4.79 Å². The van der Waals surface area contributed by atoms with Crippen LogP contribution >= 0.6 is 0 Å². The zero-order valence-corrected chi connectivity index (χ0v) is 10.9. The van der Waals surface area contributed by atoms with Crippen molar-refractivity contribution < 1.29 is 19.4 Å². The van der Waals surface area contributed by atoms with Gasteiger partial charge in [0, 0.05) is 6.42 Å². The molecule has 0 aromatic heterocycles. The van der Waals surface area contributed by atoms with Crippen molar-refractivity contribution in [2.45, 2.75) is 32.7 Å². The van der Waals surface area contributed by atoms with E-state index in [1.54, 1.807) is 6.26 Å². The molecule has 0 aromatic rings. The van der Waals surface area contributed by atoms with Crippen molar-refractivity contribution in [2.24, 2.45) is 0 Å². The Bertz CT molecular complexity index is 204. The van der Waals surface area contributed by atoms with Crippen LogP contribution in [0.15, 0.2) is 11.6 Å². The maximum absolute atomic E-state index is 10.3. The molecule has 0 aliphatic carbocycles. The van der Waals surface area contributed by atoms with E-state index in [0.717, 1.165) is 17.8 Å². The monoisotopic (exact) mass is 232 g/mol. The molecule has 0 fully saturated rings. The van der Waals surface area contributed by atoms with Crippen molar-refractivity contribution in [3.63, 3.8) is 0 Å². The predicted molar refractivity (Wildman–Crippen MR) is 61.6 cm³/mol. The Balaban J connectivity index is 3.70. The minimum atomic E-state index is -0.726. The van der Waals surface area contributed by atoms with Gasteiger partial charge in [0.15, 0.2) is 0 Å². The molecule has 0 spiro atoms. The van der Waals surface area contributed by atoms with Gasteiger partial charge in [0.2, 0.25) is 0 Å². The number of carboxylic acid groups (broad SMARTS) is 1. The van der Waals surface area contributed by atoms with E-state index in [1.807, 2.05) is 13.8 Å². The number of aliphatic carboxylic acids is 1. The van der Waals surface area contributed by atoms with Crippen molar-refractivity contribution in [3.8, 4) is 0 Å². The number of ether oxygens (including phenoxy) is 2. The molecule has 88 valence electrons. The van der Waals surface area contributed by atoms with E-state index in [2.05, 4.69) is 0 Å². The molecule has 0 aliphatic rings. The normalized spacial score (nSPS) is 12.0. The van der Waals surface area contributed by atoms with Crippen LogP contribution in [0.1, 0.15) is 26.7 Å². The maximum atomic E-state index is 10.3. The third-order valence-electron chi connectivity index (χ3n) is 1.77. The first kappa shape index (κ1) is 14.0. The lowest BCUT2D eigenvalue weighted by Crippen LogP contribution is -2.04.